The summed E-state index contributed by atoms with van der Waals surface area (Å²) in [5, 5.41) is 6.50. The van der Waals surface area contributed by atoms with Crippen LogP contribution in [-0.2, 0) is 6.54 Å². The van der Waals surface area contributed by atoms with Crippen LogP contribution < -0.4 is 0 Å². The van der Waals surface area contributed by atoms with Crippen molar-refractivity contribution >= 4 is 22.7 Å². The Hall–Kier alpha value is -1.43. The largest absolute Gasteiger partial charge is 0.440 e. The maximum Gasteiger partial charge on any atom is 0.236 e. The van der Waals surface area contributed by atoms with Crippen LogP contribution >= 0.6 is 22.7 Å². The van der Waals surface area contributed by atoms with Crippen molar-refractivity contribution in [3.8, 4) is 10.8 Å². The highest BCUT2D eigenvalue weighted by molar-refractivity contribution is 7.13. The third-order valence-electron chi connectivity index (χ3n) is 4.27. The summed E-state index contributed by atoms with van der Waals surface area (Å²) in [6.45, 7) is 4.04. The Morgan fingerprint density at radius 2 is 2.32 bits per heavy atom. The fraction of sp³-hybridized carbons (Fsp3) is 0.353. The Balaban J connectivity index is 1.56. The average molecular weight is 330 g/mol. The first kappa shape index (κ1) is 14.2. The lowest BCUT2D eigenvalue weighted by molar-refractivity contribution is 0.245. The highest BCUT2D eigenvalue weighted by Gasteiger charge is 2.27. The first-order chi connectivity index (χ1) is 10.8. The van der Waals surface area contributed by atoms with Gasteiger partial charge in [0.1, 0.15) is 5.76 Å². The summed E-state index contributed by atoms with van der Waals surface area (Å²) in [4.78, 5) is 8.37. The Labute approximate surface area is 138 Å². The van der Waals surface area contributed by atoms with E-state index in [9.17, 15) is 0 Å². The second kappa shape index (κ2) is 5.99. The Bertz CT molecular complexity index is 731. The third-order valence-corrected chi connectivity index (χ3v) is 5.83. The molecule has 5 heteroatoms. The number of rotatable bonds is 4. The van der Waals surface area contributed by atoms with Crippen LogP contribution in [0.4, 0.5) is 0 Å². The van der Waals surface area contributed by atoms with Gasteiger partial charge in [-0.1, -0.05) is 6.07 Å². The molecule has 1 atom stereocenters. The number of aryl methyl sites for hydroxylation is 1. The minimum Gasteiger partial charge on any atom is -0.440 e. The van der Waals surface area contributed by atoms with E-state index in [1.54, 1.807) is 22.7 Å². The molecule has 0 bridgehead atoms. The fourth-order valence-electron chi connectivity index (χ4n) is 3.13. The first-order valence-corrected chi connectivity index (χ1v) is 9.40. The summed E-state index contributed by atoms with van der Waals surface area (Å²) < 4.78 is 5.87. The molecule has 1 saturated heterocycles. The topological polar surface area (TPSA) is 29.3 Å². The van der Waals surface area contributed by atoms with E-state index < -0.39 is 0 Å². The van der Waals surface area contributed by atoms with Crippen LogP contribution in [0.15, 0.2) is 38.8 Å². The molecule has 4 rings (SSSR count). The van der Waals surface area contributed by atoms with E-state index in [2.05, 4.69) is 33.2 Å². The van der Waals surface area contributed by atoms with Gasteiger partial charge in [0, 0.05) is 12.6 Å². The molecule has 3 aromatic heterocycles. The molecule has 0 radical (unpaired) electrons. The molecular weight excluding hydrogens is 312 g/mol. The molecule has 0 N–H and O–H groups in total. The van der Waals surface area contributed by atoms with Crippen LogP contribution in [0.3, 0.4) is 0 Å². The predicted octanol–water partition coefficient (Wildman–Crippen LogP) is 5.11. The van der Waals surface area contributed by atoms with Crippen molar-refractivity contribution in [1.29, 1.82) is 0 Å². The van der Waals surface area contributed by atoms with Gasteiger partial charge >= 0.3 is 0 Å². The van der Waals surface area contributed by atoms with Gasteiger partial charge in [0.2, 0.25) is 5.89 Å². The molecule has 114 valence electrons. The van der Waals surface area contributed by atoms with Gasteiger partial charge in [0.05, 0.1) is 10.6 Å². The maximum absolute atomic E-state index is 5.87. The van der Waals surface area contributed by atoms with E-state index in [0.29, 0.717) is 6.04 Å². The smallest absolute Gasteiger partial charge is 0.236 e. The van der Waals surface area contributed by atoms with Crippen molar-refractivity contribution in [3.05, 3.63) is 51.4 Å². The quantitative estimate of drug-likeness (QED) is 0.665. The highest BCUT2D eigenvalue weighted by atomic mass is 32.1. The number of aromatic nitrogens is 1. The van der Waals surface area contributed by atoms with E-state index >= 15 is 0 Å². The number of hydrogen-bond donors (Lipinski definition) is 0. The standard InChI is InChI=1S/C17H18N2OS2/c1-12-14(18-17(20-12)16-5-3-8-22-16)10-19-7-2-4-15(19)13-6-9-21-11-13/h3,5-6,8-9,11,15H,2,4,7,10H2,1H3/t15-/m1/s1. The van der Waals surface area contributed by atoms with Crippen molar-refractivity contribution in [1.82, 2.24) is 9.88 Å². The summed E-state index contributed by atoms with van der Waals surface area (Å²) in [6.07, 6.45) is 2.50. The minimum absolute atomic E-state index is 0.535. The molecule has 0 spiro atoms. The van der Waals surface area contributed by atoms with Crippen LogP contribution in [-0.4, -0.2) is 16.4 Å². The molecule has 0 aliphatic carbocycles. The molecule has 1 fully saturated rings. The molecule has 4 heterocycles. The predicted molar refractivity (Wildman–Crippen MR) is 91.3 cm³/mol. The van der Waals surface area contributed by atoms with Crippen LogP contribution in [0.5, 0.6) is 0 Å². The number of hydrogen-bond acceptors (Lipinski definition) is 5. The second-order valence-electron chi connectivity index (χ2n) is 5.68. The molecular formula is C17H18N2OS2. The summed E-state index contributed by atoms with van der Waals surface area (Å²) >= 11 is 3.45. The molecule has 1 aliphatic heterocycles. The van der Waals surface area contributed by atoms with Gasteiger partial charge in [-0.15, -0.1) is 11.3 Å². The lowest BCUT2D eigenvalue weighted by atomic mass is 10.1. The van der Waals surface area contributed by atoms with Crippen molar-refractivity contribution in [2.45, 2.75) is 32.4 Å². The van der Waals surface area contributed by atoms with Gasteiger partial charge in [-0.05, 0) is 60.1 Å². The lowest BCUT2D eigenvalue weighted by Gasteiger charge is -2.22. The van der Waals surface area contributed by atoms with E-state index in [1.165, 1.54) is 18.4 Å². The number of oxazole rings is 1. The lowest BCUT2D eigenvalue weighted by Crippen LogP contribution is -2.23. The van der Waals surface area contributed by atoms with Gasteiger partial charge in [0.25, 0.3) is 0 Å². The van der Waals surface area contributed by atoms with Gasteiger partial charge < -0.3 is 4.42 Å². The van der Waals surface area contributed by atoms with Gasteiger partial charge in [-0.25, -0.2) is 4.98 Å². The van der Waals surface area contributed by atoms with Crippen LogP contribution in [0.2, 0.25) is 0 Å². The zero-order valence-electron chi connectivity index (χ0n) is 12.5. The maximum atomic E-state index is 5.87. The molecule has 0 unspecified atom stereocenters. The molecule has 0 amide bonds. The minimum atomic E-state index is 0.535. The fourth-order valence-corrected chi connectivity index (χ4v) is 4.49. The number of nitrogens with zero attached hydrogens (tertiary/aromatic N) is 2. The highest BCUT2D eigenvalue weighted by Crippen LogP contribution is 2.35. The third kappa shape index (κ3) is 2.64. The molecule has 0 aromatic carbocycles. The summed E-state index contributed by atoms with van der Waals surface area (Å²) in [5.41, 5.74) is 2.52. The van der Waals surface area contributed by atoms with Crippen molar-refractivity contribution in [2.75, 3.05) is 6.54 Å². The number of thiophene rings is 2. The molecule has 3 nitrogen and oxygen atoms in total. The zero-order valence-corrected chi connectivity index (χ0v) is 14.1. The van der Waals surface area contributed by atoms with Crippen LogP contribution in [0, 0.1) is 6.92 Å². The van der Waals surface area contributed by atoms with Crippen LogP contribution in [0.25, 0.3) is 10.8 Å². The van der Waals surface area contributed by atoms with Gasteiger partial charge in [-0.3, -0.25) is 4.90 Å². The van der Waals surface area contributed by atoms with Gasteiger partial charge in [-0.2, -0.15) is 11.3 Å². The molecule has 0 saturated carbocycles. The molecule has 3 aromatic rings. The summed E-state index contributed by atoms with van der Waals surface area (Å²) in [5.74, 6) is 1.70. The Morgan fingerprint density at radius 3 is 3.09 bits per heavy atom. The van der Waals surface area contributed by atoms with Crippen LogP contribution in [0.1, 0.15) is 35.9 Å². The molecule has 1 aliphatic rings. The number of likely N-dealkylation sites (tertiary alicyclic amines) is 1. The second-order valence-corrected chi connectivity index (χ2v) is 7.41. The normalized spacial score (nSPS) is 19.0. The monoisotopic (exact) mass is 330 g/mol. The summed E-state index contributed by atoms with van der Waals surface area (Å²) in [6, 6.07) is 6.88. The van der Waals surface area contributed by atoms with Crippen molar-refractivity contribution < 1.29 is 4.42 Å². The van der Waals surface area contributed by atoms with Crippen molar-refractivity contribution in [2.24, 2.45) is 0 Å². The SMILES string of the molecule is Cc1oc(-c2cccs2)nc1CN1CCC[C@@H]1c1ccsc1. The zero-order chi connectivity index (χ0) is 14.9. The van der Waals surface area contributed by atoms with E-state index in [0.717, 1.165) is 35.3 Å². The van der Waals surface area contributed by atoms with Gasteiger partial charge in [0.15, 0.2) is 0 Å². The van der Waals surface area contributed by atoms with Crippen molar-refractivity contribution in [3.63, 3.8) is 0 Å². The summed E-state index contributed by atoms with van der Waals surface area (Å²) in [7, 11) is 0. The van der Waals surface area contributed by atoms with E-state index in [4.69, 9.17) is 9.40 Å². The Morgan fingerprint density at radius 1 is 1.36 bits per heavy atom. The van der Waals surface area contributed by atoms with E-state index in [-0.39, 0.29) is 0 Å². The molecule has 22 heavy (non-hydrogen) atoms. The first-order valence-electron chi connectivity index (χ1n) is 7.57. The van der Waals surface area contributed by atoms with E-state index in [1.807, 2.05) is 13.0 Å². The average Bonchev–Trinajstić information content (AvgIpc) is 3.27. The Kier molecular flexibility index (Phi) is 3.86.